The maximum absolute atomic E-state index is 12.6. The summed E-state index contributed by atoms with van der Waals surface area (Å²) in [6, 6.07) is 19.5. The van der Waals surface area contributed by atoms with Crippen LogP contribution in [0.25, 0.3) is 17.1 Å². The Morgan fingerprint density at radius 3 is 2.43 bits per heavy atom. The molecule has 2 fully saturated rings. The first kappa shape index (κ1) is 33.1. The van der Waals surface area contributed by atoms with E-state index in [0.29, 0.717) is 41.6 Å². The number of likely N-dealkylation sites (tertiary alicyclic amines) is 1. The normalized spacial score (nSPS) is 18.1. The third kappa shape index (κ3) is 6.26. The fourth-order valence-electron chi connectivity index (χ4n) is 8.39. The van der Waals surface area contributed by atoms with Crippen molar-refractivity contribution in [2.24, 2.45) is 11.8 Å². The molecule has 1 unspecified atom stereocenters. The van der Waals surface area contributed by atoms with Crippen LogP contribution in [0.15, 0.2) is 60.8 Å². The molecule has 256 valence electrons. The Balaban J connectivity index is 1.15. The fourth-order valence-corrected chi connectivity index (χ4v) is 8.39. The number of amides is 1. The zero-order valence-corrected chi connectivity index (χ0v) is 29.6. The number of hydrogen-bond acceptors (Lipinski definition) is 5. The van der Waals surface area contributed by atoms with Crippen LogP contribution >= 0.6 is 0 Å². The highest BCUT2D eigenvalue weighted by atomic mass is 16.4. The molecule has 2 aromatic carbocycles. The molecule has 1 N–H and O–H groups in total. The van der Waals surface area contributed by atoms with Crippen LogP contribution in [0.5, 0.6) is 0 Å². The number of carboxylic acid groups (broad SMARTS) is 1. The van der Waals surface area contributed by atoms with Crippen molar-refractivity contribution >= 4 is 17.6 Å². The van der Waals surface area contributed by atoms with E-state index in [0.717, 1.165) is 69.5 Å². The van der Waals surface area contributed by atoms with Crippen LogP contribution in [-0.2, 0) is 29.6 Å². The summed E-state index contributed by atoms with van der Waals surface area (Å²) in [5.74, 6) is 1.40. The van der Waals surface area contributed by atoms with Gasteiger partial charge in [0.25, 0.3) is 0 Å². The molecule has 2 aliphatic heterocycles. The second-order valence-electron chi connectivity index (χ2n) is 15.0. The van der Waals surface area contributed by atoms with Gasteiger partial charge >= 0.3 is 5.97 Å². The minimum Gasteiger partial charge on any atom is -0.478 e. The Bertz CT molecular complexity index is 1880. The molecule has 7 rings (SSSR count). The third-order valence-corrected chi connectivity index (χ3v) is 11.3. The summed E-state index contributed by atoms with van der Waals surface area (Å²) in [5.41, 5.74) is 9.44. The Morgan fingerprint density at radius 1 is 0.980 bits per heavy atom. The third-order valence-electron chi connectivity index (χ3n) is 11.3. The van der Waals surface area contributed by atoms with Gasteiger partial charge in [0.1, 0.15) is 5.56 Å². The quantitative estimate of drug-likeness (QED) is 0.187. The van der Waals surface area contributed by atoms with Gasteiger partial charge in [-0.15, -0.1) is 0 Å². The van der Waals surface area contributed by atoms with E-state index in [4.69, 9.17) is 4.98 Å². The molecule has 0 bridgehead atoms. The summed E-state index contributed by atoms with van der Waals surface area (Å²) in [7, 11) is 0. The number of carbonyl (C=O) groups is 2. The van der Waals surface area contributed by atoms with E-state index >= 15 is 0 Å². The number of carboxylic acids is 1. The van der Waals surface area contributed by atoms with E-state index in [1.54, 1.807) is 4.68 Å². The molecule has 4 heterocycles. The summed E-state index contributed by atoms with van der Waals surface area (Å²) < 4.78 is 1.66. The predicted molar refractivity (Wildman–Crippen MR) is 193 cm³/mol. The van der Waals surface area contributed by atoms with Crippen molar-refractivity contribution in [1.82, 2.24) is 19.7 Å². The number of para-hydroxylation sites is 1. The van der Waals surface area contributed by atoms with E-state index in [2.05, 4.69) is 79.0 Å². The highest BCUT2D eigenvalue weighted by Gasteiger charge is 2.38. The van der Waals surface area contributed by atoms with Crippen LogP contribution in [0.2, 0.25) is 0 Å². The van der Waals surface area contributed by atoms with Crippen LogP contribution in [0.4, 0.5) is 5.69 Å². The van der Waals surface area contributed by atoms with Gasteiger partial charge in [0.15, 0.2) is 5.82 Å². The molecule has 8 heteroatoms. The number of nitrogens with zero attached hydrogens (tertiary/aromatic N) is 5. The van der Waals surface area contributed by atoms with Crippen LogP contribution in [0, 0.1) is 11.8 Å². The first-order valence-corrected chi connectivity index (χ1v) is 18.2. The van der Waals surface area contributed by atoms with Crippen molar-refractivity contribution in [3.05, 3.63) is 94.3 Å². The summed E-state index contributed by atoms with van der Waals surface area (Å²) in [6.45, 7) is 14.7. The van der Waals surface area contributed by atoms with Gasteiger partial charge in [-0.3, -0.25) is 4.79 Å². The van der Waals surface area contributed by atoms with Gasteiger partial charge in [-0.25, -0.2) is 14.5 Å². The minimum absolute atomic E-state index is 0.0332. The van der Waals surface area contributed by atoms with Crippen LogP contribution in [-0.4, -0.2) is 56.3 Å². The number of hydrogen-bond donors (Lipinski definition) is 1. The number of aryl methyl sites for hydroxylation is 1. The van der Waals surface area contributed by atoms with Crippen molar-refractivity contribution in [2.75, 3.05) is 24.5 Å². The smallest absolute Gasteiger partial charge is 0.339 e. The van der Waals surface area contributed by atoms with Gasteiger partial charge in [-0.1, -0.05) is 77.1 Å². The van der Waals surface area contributed by atoms with Gasteiger partial charge in [-0.05, 0) is 84.7 Å². The Labute approximate surface area is 290 Å². The van der Waals surface area contributed by atoms with Gasteiger partial charge in [0.2, 0.25) is 5.91 Å². The van der Waals surface area contributed by atoms with Crippen LogP contribution < -0.4 is 4.90 Å². The largest absolute Gasteiger partial charge is 0.478 e. The Hall–Kier alpha value is -4.46. The second kappa shape index (κ2) is 13.1. The number of piperidine rings is 1. The number of rotatable bonds is 10. The molecule has 0 spiro atoms. The molecule has 0 radical (unpaired) electrons. The number of pyridine rings is 1. The van der Waals surface area contributed by atoms with Crippen LogP contribution in [0.1, 0.15) is 105 Å². The maximum atomic E-state index is 12.6. The SMILES string of the molecule is CCc1cc(CN2CC(C)(C)c3cccc(-c4cccc(-n5ncc(C(=O)O)c5CC)n4)c32)ccc1C(C)C1CCN(C(=O)C2CC2)CC1. The van der Waals surface area contributed by atoms with Crippen molar-refractivity contribution in [3.63, 3.8) is 0 Å². The number of aromatic nitrogens is 3. The first-order chi connectivity index (χ1) is 23.6. The number of benzene rings is 2. The summed E-state index contributed by atoms with van der Waals surface area (Å²) in [6.07, 6.45) is 7.27. The molecule has 1 saturated heterocycles. The van der Waals surface area contributed by atoms with Crippen molar-refractivity contribution in [3.8, 4) is 17.1 Å². The average Bonchev–Trinajstić information content (AvgIpc) is 3.81. The van der Waals surface area contributed by atoms with Gasteiger partial charge < -0.3 is 14.9 Å². The number of aromatic carboxylic acids is 1. The zero-order chi connectivity index (χ0) is 34.4. The number of anilines is 1. The molecule has 4 aromatic rings. The molecule has 1 atom stereocenters. The van der Waals surface area contributed by atoms with E-state index in [-0.39, 0.29) is 11.0 Å². The van der Waals surface area contributed by atoms with Crippen LogP contribution in [0.3, 0.4) is 0 Å². The average molecular weight is 660 g/mol. The Kier molecular flexibility index (Phi) is 8.84. The van der Waals surface area contributed by atoms with E-state index in [9.17, 15) is 14.7 Å². The lowest BCUT2D eigenvalue weighted by Crippen LogP contribution is -2.40. The van der Waals surface area contributed by atoms with Crippen molar-refractivity contribution < 1.29 is 14.7 Å². The number of fused-ring (bicyclic) bond motifs is 1. The lowest BCUT2D eigenvalue weighted by molar-refractivity contribution is -0.134. The molecule has 49 heavy (non-hydrogen) atoms. The monoisotopic (exact) mass is 659 g/mol. The molecular formula is C41H49N5O3. The Morgan fingerprint density at radius 2 is 1.73 bits per heavy atom. The fraction of sp³-hybridized carbons (Fsp3) is 0.463. The van der Waals surface area contributed by atoms with Crippen molar-refractivity contribution in [1.29, 1.82) is 0 Å². The maximum Gasteiger partial charge on any atom is 0.339 e. The second-order valence-corrected chi connectivity index (χ2v) is 15.0. The number of carbonyl (C=O) groups excluding carboxylic acids is 1. The molecule has 1 aliphatic carbocycles. The molecule has 8 nitrogen and oxygen atoms in total. The highest BCUT2D eigenvalue weighted by Crippen LogP contribution is 2.46. The standard InChI is InChI=1S/C41H49N5O3/c1-6-28-22-27(14-17-31(28)26(3)29-18-20-44(21-19-29)39(47)30-15-16-30)24-45-25-41(4,5)34-11-8-10-32(38(34)45)35-12-9-13-37(43-35)46-36(7-2)33(23-42-46)40(48)49/h8-14,17,22-23,26,29-30H,6-7,15-16,18-21,24-25H2,1-5H3,(H,48,49). The summed E-state index contributed by atoms with van der Waals surface area (Å²) in [5, 5.41) is 14.1. The topological polar surface area (TPSA) is 91.6 Å². The molecule has 1 amide bonds. The highest BCUT2D eigenvalue weighted by molar-refractivity contribution is 5.89. The summed E-state index contributed by atoms with van der Waals surface area (Å²) >= 11 is 0. The first-order valence-electron chi connectivity index (χ1n) is 18.2. The van der Waals surface area contributed by atoms with Gasteiger partial charge in [0, 0.05) is 43.1 Å². The molecular weight excluding hydrogens is 610 g/mol. The van der Waals surface area contributed by atoms with E-state index in [1.165, 1.54) is 34.1 Å². The lowest BCUT2D eigenvalue weighted by atomic mass is 9.79. The molecule has 2 aromatic heterocycles. The molecule has 3 aliphatic rings. The molecule has 1 saturated carbocycles. The van der Waals surface area contributed by atoms with Crippen molar-refractivity contribution in [2.45, 2.75) is 91.0 Å². The summed E-state index contributed by atoms with van der Waals surface area (Å²) in [4.78, 5) is 34.1. The van der Waals surface area contributed by atoms with E-state index in [1.807, 2.05) is 25.1 Å². The van der Waals surface area contributed by atoms with E-state index < -0.39 is 5.97 Å². The lowest BCUT2D eigenvalue weighted by Gasteiger charge is -2.36. The van der Waals surface area contributed by atoms with Gasteiger partial charge in [0.05, 0.1) is 23.3 Å². The predicted octanol–water partition coefficient (Wildman–Crippen LogP) is 7.81. The zero-order valence-electron chi connectivity index (χ0n) is 29.6. The minimum atomic E-state index is -0.978. The van der Waals surface area contributed by atoms with Gasteiger partial charge in [-0.2, -0.15) is 5.10 Å².